The van der Waals surface area contributed by atoms with Crippen molar-refractivity contribution in [2.75, 3.05) is 0 Å². The predicted molar refractivity (Wildman–Crippen MR) is 57.1 cm³/mol. The van der Waals surface area contributed by atoms with Gasteiger partial charge in [-0.2, -0.15) is 0 Å². The first-order valence-corrected chi connectivity index (χ1v) is 5.24. The van der Waals surface area contributed by atoms with Crippen molar-refractivity contribution in [1.82, 2.24) is 0 Å². The molecule has 1 aromatic rings. The van der Waals surface area contributed by atoms with E-state index in [1.54, 1.807) is 0 Å². The van der Waals surface area contributed by atoms with Crippen molar-refractivity contribution in [3.05, 3.63) is 35.4 Å². The van der Waals surface area contributed by atoms with Crippen LogP contribution in [-0.4, -0.2) is 5.71 Å². The van der Waals surface area contributed by atoms with Crippen LogP contribution in [0, 0.1) is 11.6 Å². The van der Waals surface area contributed by atoms with Gasteiger partial charge >= 0.3 is 0 Å². The van der Waals surface area contributed by atoms with Crippen molar-refractivity contribution < 1.29 is 13.6 Å². The minimum Gasteiger partial charge on any atom is -0.384 e. The van der Waals surface area contributed by atoms with E-state index >= 15 is 0 Å². The molecule has 86 valence electrons. The third kappa shape index (κ3) is 1.68. The number of rotatable bonds is 2. The third-order valence-corrected chi connectivity index (χ3v) is 2.91. The maximum Gasteiger partial charge on any atom is 0.170 e. The Morgan fingerprint density at radius 3 is 2.69 bits per heavy atom. The van der Waals surface area contributed by atoms with Crippen molar-refractivity contribution in [2.45, 2.75) is 32.3 Å². The highest BCUT2D eigenvalue weighted by molar-refractivity contribution is 5.83. The molecule has 0 spiro atoms. The molecule has 1 aliphatic rings. The largest absolute Gasteiger partial charge is 0.384 e. The minimum atomic E-state index is -0.762. The summed E-state index contributed by atoms with van der Waals surface area (Å²) in [6, 6.07) is 3.55. The molecule has 4 heteroatoms. The Balaban J connectivity index is 2.42. The summed E-state index contributed by atoms with van der Waals surface area (Å²) in [5, 5.41) is 3.86. The summed E-state index contributed by atoms with van der Waals surface area (Å²) in [6.45, 7) is 3.73. The van der Waals surface area contributed by atoms with Gasteiger partial charge in [0.1, 0.15) is 11.6 Å². The van der Waals surface area contributed by atoms with Gasteiger partial charge < -0.3 is 4.84 Å². The molecule has 0 radical (unpaired) electrons. The summed E-state index contributed by atoms with van der Waals surface area (Å²) in [4.78, 5) is 5.33. The second kappa shape index (κ2) is 3.85. The first-order chi connectivity index (χ1) is 7.57. The van der Waals surface area contributed by atoms with E-state index in [1.165, 1.54) is 12.1 Å². The molecule has 1 aliphatic heterocycles. The molecule has 0 saturated heterocycles. The lowest BCUT2D eigenvalue weighted by Gasteiger charge is -2.25. The van der Waals surface area contributed by atoms with Crippen molar-refractivity contribution in [1.29, 1.82) is 0 Å². The first-order valence-electron chi connectivity index (χ1n) is 5.24. The fourth-order valence-corrected chi connectivity index (χ4v) is 2.03. The van der Waals surface area contributed by atoms with Gasteiger partial charge in [0.05, 0.1) is 5.71 Å². The van der Waals surface area contributed by atoms with Gasteiger partial charge in [-0.15, -0.1) is 0 Å². The average molecular weight is 225 g/mol. The van der Waals surface area contributed by atoms with Crippen LogP contribution in [0.5, 0.6) is 0 Å². The maximum absolute atomic E-state index is 13.7. The van der Waals surface area contributed by atoms with Crippen LogP contribution < -0.4 is 0 Å². The average Bonchev–Trinajstić information content (AvgIpc) is 2.61. The van der Waals surface area contributed by atoms with Crippen LogP contribution in [0.4, 0.5) is 8.78 Å². The molecule has 0 bridgehead atoms. The molecule has 1 heterocycles. The van der Waals surface area contributed by atoms with E-state index < -0.39 is 17.2 Å². The van der Waals surface area contributed by atoms with Crippen LogP contribution in [0.2, 0.25) is 0 Å². The number of hydrogen-bond acceptors (Lipinski definition) is 2. The van der Waals surface area contributed by atoms with E-state index in [4.69, 9.17) is 4.84 Å². The fourth-order valence-electron chi connectivity index (χ4n) is 2.03. The Morgan fingerprint density at radius 2 is 2.19 bits per heavy atom. The molecule has 2 rings (SSSR count). The summed E-state index contributed by atoms with van der Waals surface area (Å²) >= 11 is 0. The van der Waals surface area contributed by atoms with Gasteiger partial charge in [-0.05, 0) is 25.5 Å². The zero-order chi connectivity index (χ0) is 11.8. The lowest BCUT2D eigenvalue weighted by atomic mass is 9.86. The highest BCUT2D eigenvalue weighted by Gasteiger charge is 2.40. The summed E-state index contributed by atoms with van der Waals surface area (Å²) < 4.78 is 26.5. The molecule has 0 fully saturated rings. The molecule has 0 saturated carbocycles. The highest BCUT2D eigenvalue weighted by atomic mass is 19.1. The fraction of sp³-hybridized carbons (Fsp3) is 0.417. The molecule has 0 amide bonds. The Kier molecular flexibility index (Phi) is 2.66. The molecule has 2 nitrogen and oxygen atoms in total. The van der Waals surface area contributed by atoms with Gasteiger partial charge in [-0.1, -0.05) is 12.1 Å². The van der Waals surface area contributed by atoms with Gasteiger partial charge in [0.25, 0.3) is 0 Å². The molecule has 0 aromatic heterocycles. The van der Waals surface area contributed by atoms with Gasteiger partial charge in [0, 0.05) is 18.1 Å². The van der Waals surface area contributed by atoms with Gasteiger partial charge in [-0.25, -0.2) is 8.78 Å². The van der Waals surface area contributed by atoms with Gasteiger partial charge in [0.15, 0.2) is 5.60 Å². The Morgan fingerprint density at radius 1 is 1.44 bits per heavy atom. The van der Waals surface area contributed by atoms with E-state index in [0.29, 0.717) is 18.4 Å². The summed E-state index contributed by atoms with van der Waals surface area (Å²) in [5.41, 5.74) is 0.435. The maximum atomic E-state index is 13.7. The van der Waals surface area contributed by atoms with Crippen LogP contribution in [0.3, 0.4) is 0 Å². The van der Waals surface area contributed by atoms with Crippen LogP contribution in [0.1, 0.15) is 32.3 Å². The Hall–Kier alpha value is -1.45. The summed E-state index contributed by atoms with van der Waals surface area (Å²) in [7, 11) is 0. The van der Waals surface area contributed by atoms with E-state index in [9.17, 15) is 8.78 Å². The topological polar surface area (TPSA) is 21.6 Å². The predicted octanol–water partition coefficient (Wildman–Crippen LogP) is 3.37. The lowest BCUT2D eigenvalue weighted by molar-refractivity contribution is -0.0289. The van der Waals surface area contributed by atoms with Crippen molar-refractivity contribution in [2.24, 2.45) is 5.16 Å². The zero-order valence-electron chi connectivity index (χ0n) is 9.26. The van der Waals surface area contributed by atoms with E-state index in [-0.39, 0.29) is 0 Å². The van der Waals surface area contributed by atoms with Crippen molar-refractivity contribution >= 4 is 5.71 Å². The Labute approximate surface area is 92.9 Å². The molecular formula is C12H13F2NO. The lowest BCUT2D eigenvalue weighted by Crippen LogP contribution is -2.26. The summed E-state index contributed by atoms with van der Waals surface area (Å²) in [6.07, 6.45) is 1.14. The number of halogens is 2. The van der Waals surface area contributed by atoms with E-state index in [1.807, 2.05) is 13.8 Å². The minimum absolute atomic E-state index is 0.372. The normalized spacial score (nSPS) is 24.1. The number of benzene rings is 1. The first kappa shape index (κ1) is 11.0. The third-order valence-electron chi connectivity index (χ3n) is 2.91. The number of hydrogen-bond donors (Lipinski definition) is 0. The van der Waals surface area contributed by atoms with Crippen molar-refractivity contribution in [3.63, 3.8) is 0 Å². The van der Waals surface area contributed by atoms with Gasteiger partial charge in [-0.3, -0.25) is 0 Å². The zero-order valence-corrected chi connectivity index (χ0v) is 9.26. The second-order valence-corrected chi connectivity index (χ2v) is 4.07. The van der Waals surface area contributed by atoms with Crippen molar-refractivity contribution in [3.8, 4) is 0 Å². The van der Waals surface area contributed by atoms with Crippen LogP contribution in [0.15, 0.2) is 23.4 Å². The molecule has 1 atom stereocenters. The summed E-state index contributed by atoms with van der Waals surface area (Å²) in [5.74, 6) is -1.16. The smallest absolute Gasteiger partial charge is 0.170 e. The molecule has 16 heavy (non-hydrogen) atoms. The van der Waals surface area contributed by atoms with Crippen LogP contribution in [-0.2, 0) is 10.4 Å². The standard InChI is InChI=1S/C12H13F2NO/c1-3-12(7-8(2)15-16-12)10-5-4-9(13)6-11(10)14/h4-6H,3,7H2,1-2H3. The quantitative estimate of drug-likeness (QED) is 0.756. The molecular weight excluding hydrogens is 212 g/mol. The molecule has 1 aromatic carbocycles. The molecule has 0 aliphatic carbocycles. The number of nitrogens with zero attached hydrogens (tertiary/aromatic N) is 1. The second-order valence-electron chi connectivity index (χ2n) is 4.07. The van der Waals surface area contributed by atoms with E-state index in [0.717, 1.165) is 11.8 Å². The Bertz CT molecular complexity index is 445. The number of oxime groups is 1. The van der Waals surface area contributed by atoms with E-state index in [2.05, 4.69) is 5.16 Å². The van der Waals surface area contributed by atoms with Crippen LogP contribution in [0.25, 0.3) is 0 Å². The highest BCUT2D eigenvalue weighted by Crippen LogP contribution is 2.39. The van der Waals surface area contributed by atoms with Crippen LogP contribution >= 0.6 is 0 Å². The monoisotopic (exact) mass is 225 g/mol. The van der Waals surface area contributed by atoms with Gasteiger partial charge in [0.2, 0.25) is 0 Å². The molecule has 0 N–H and O–H groups in total. The molecule has 1 unspecified atom stereocenters. The SMILES string of the molecule is CCC1(c2ccc(F)cc2F)CC(C)=NO1.